The lowest BCUT2D eigenvalue weighted by molar-refractivity contribution is 0.0945. The molecular formula is C15H22ClNO3S. The van der Waals surface area contributed by atoms with Crippen LogP contribution in [0.5, 0.6) is 0 Å². The number of amides is 1. The normalized spacial score (nSPS) is 11.7. The zero-order valence-electron chi connectivity index (χ0n) is 12.9. The van der Waals surface area contributed by atoms with E-state index < -0.39 is 9.05 Å². The third-order valence-corrected chi connectivity index (χ3v) is 5.21. The Morgan fingerprint density at radius 3 is 2.29 bits per heavy atom. The van der Waals surface area contributed by atoms with Crippen LogP contribution >= 0.6 is 10.7 Å². The van der Waals surface area contributed by atoms with Crippen LogP contribution in [-0.2, 0) is 9.05 Å². The quantitative estimate of drug-likeness (QED) is 0.812. The first-order valence-corrected chi connectivity index (χ1v) is 9.35. The van der Waals surface area contributed by atoms with Gasteiger partial charge in [0.1, 0.15) is 0 Å². The topological polar surface area (TPSA) is 63.2 Å². The van der Waals surface area contributed by atoms with Gasteiger partial charge >= 0.3 is 0 Å². The molecule has 0 atom stereocenters. The molecule has 0 aromatic heterocycles. The van der Waals surface area contributed by atoms with Crippen LogP contribution in [0, 0.1) is 19.8 Å². The van der Waals surface area contributed by atoms with Gasteiger partial charge in [-0.15, -0.1) is 0 Å². The Balaban J connectivity index is 3.06. The van der Waals surface area contributed by atoms with Gasteiger partial charge in [0.2, 0.25) is 0 Å². The second-order valence-electron chi connectivity index (χ2n) is 5.24. The Kier molecular flexibility index (Phi) is 6.23. The molecule has 1 rings (SSSR count). The smallest absolute Gasteiger partial charge is 0.261 e. The summed E-state index contributed by atoms with van der Waals surface area (Å²) in [5.41, 5.74) is 1.85. The SMILES string of the molecule is CCC(CC)CNC(=O)c1cc(S(=O)(=O)Cl)cc(C)c1C. The number of benzene rings is 1. The minimum absolute atomic E-state index is 0.0417. The van der Waals surface area contributed by atoms with Crippen LogP contribution in [0.1, 0.15) is 48.2 Å². The van der Waals surface area contributed by atoms with E-state index in [1.165, 1.54) is 12.1 Å². The predicted molar refractivity (Wildman–Crippen MR) is 85.4 cm³/mol. The summed E-state index contributed by atoms with van der Waals surface area (Å²) in [7, 11) is 1.53. The molecule has 0 aliphatic rings. The summed E-state index contributed by atoms with van der Waals surface area (Å²) in [4.78, 5) is 12.2. The average Bonchev–Trinajstić information content (AvgIpc) is 2.41. The molecule has 21 heavy (non-hydrogen) atoms. The summed E-state index contributed by atoms with van der Waals surface area (Å²) < 4.78 is 22.9. The molecule has 0 radical (unpaired) electrons. The van der Waals surface area contributed by atoms with E-state index in [0.29, 0.717) is 18.0 Å². The number of hydrogen-bond acceptors (Lipinski definition) is 3. The number of carbonyl (C=O) groups excluding carboxylic acids is 1. The molecule has 1 aromatic rings. The highest BCUT2D eigenvalue weighted by atomic mass is 35.7. The summed E-state index contributed by atoms with van der Waals surface area (Å²) in [6, 6.07) is 2.82. The highest BCUT2D eigenvalue weighted by Gasteiger charge is 2.18. The highest BCUT2D eigenvalue weighted by molar-refractivity contribution is 8.13. The zero-order valence-corrected chi connectivity index (χ0v) is 14.4. The molecule has 1 aromatic carbocycles. The minimum atomic E-state index is -3.85. The van der Waals surface area contributed by atoms with Gasteiger partial charge in [-0.2, -0.15) is 0 Å². The van der Waals surface area contributed by atoms with E-state index in [-0.39, 0.29) is 10.8 Å². The molecule has 0 spiro atoms. The molecule has 0 aliphatic carbocycles. The van der Waals surface area contributed by atoms with Crippen molar-refractivity contribution in [3.8, 4) is 0 Å². The van der Waals surface area contributed by atoms with Crippen molar-refractivity contribution in [2.45, 2.75) is 45.4 Å². The number of nitrogens with one attached hydrogen (secondary N) is 1. The molecule has 0 aliphatic heterocycles. The van der Waals surface area contributed by atoms with Gasteiger partial charge < -0.3 is 5.32 Å². The number of halogens is 1. The molecule has 1 N–H and O–H groups in total. The second kappa shape index (κ2) is 7.27. The maximum Gasteiger partial charge on any atom is 0.261 e. The van der Waals surface area contributed by atoms with Crippen molar-refractivity contribution < 1.29 is 13.2 Å². The van der Waals surface area contributed by atoms with Crippen molar-refractivity contribution in [2.24, 2.45) is 5.92 Å². The van der Waals surface area contributed by atoms with Gasteiger partial charge in [-0.3, -0.25) is 4.79 Å². The molecule has 0 bridgehead atoms. The number of aryl methyl sites for hydroxylation is 1. The van der Waals surface area contributed by atoms with E-state index in [2.05, 4.69) is 19.2 Å². The van der Waals surface area contributed by atoms with Crippen LogP contribution in [0.25, 0.3) is 0 Å². The fraction of sp³-hybridized carbons (Fsp3) is 0.533. The molecule has 1 amide bonds. The molecular weight excluding hydrogens is 310 g/mol. The maximum absolute atomic E-state index is 12.3. The Bertz CT molecular complexity index is 622. The largest absolute Gasteiger partial charge is 0.352 e. The number of hydrogen-bond donors (Lipinski definition) is 1. The standard InChI is InChI=1S/C15H22ClNO3S/c1-5-12(6-2)9-17-15(18)14-8-13(21(16,19)20)7-10(3)11(14)4/h7-8,12H,5-6,9H2,1-4H3,(H,17,18). The molecule has 118 valence electrons. The lowest BCUT2D eigenvalue weighted by Crippen LogP contribution is -2.29. The Morgan fingerprint density at radius 2 is 1.81 bits per heavy atom. The van der Waals surface area contributed by atoms with Crippen molar-refractivity contribution in [3.63, 3.8) is 0 Å². The third-order valence-electron chi connectivity index (χ3n) is 3.87. The van der Waals surface area contributed by atoms with Crippen LogP contribution in [0.15, 0.2) is 17.0 Å². The van der Waals surface area contributed by atoms with Crippen LogP contribution in [0.4, 0.5) is 0 Å². The molecule has 0 saturated heterocycles. The van der Waals surface area contributed by atoms with Gasteiger partial charge in [-0.05, 0) is 43.0 Å². The lowest BCUT2D eigenvalue weighted by atomic mass is 10.0. The summed E-state index contributed by atoms with van der Waals surface area (Å²) in [5.74, 6) is 0.167. The van der Waals surface area contributed by atoms with Crippen molar-refractivity contribution >= 4 is 25.6 Å². The second-order valence-corrected chi connectivity index (χ2v) is 7.81. The van der Waals surface area contributed by atoms with Crippen LogP contribution < -0.4 is 5.32 Å². The fourth-order valence-electron chi connectivity index (χ4n) is 2.11. The monoisotopic (exact) mass is 331 g/mol. The first kappa shape index (κ1) is 18.0. The molecule has 0 saturated carbocycles. The van der Waals surface area contributed by atoms with Gasteiger partial charge in [0.05, 0.1) is 4.90 Å². The molecule has 0 fully saturated rings. The molecule has 4 nitrogen and oxygen atoms in total. The van der Waals surface area contributed by atoms with E-state index in [1.807, 2.05) is 0 Å². The van der Waals surface area contributed by atoms with Gasteiger partial charge in [0.15, 0.2) is 0 Å². The summed E-state index contributed by atoms with van der Waals surface area (Å²) in [5, 5.41) is 2.87. The third kappa shape index (κ3) is 4.71. The van der Waals surface area contributed by atoms with Crippen LogP contribution in [0.2, 0.25) is 0 Å². The first-order chi connectivity index (χ1) is 9.70. The number of carbonyl (C=O) groups is 1. The van der Waals surface area contributed by atoms with Crippen molar-refractivity contribution in [1.82, 2.24) is 5.32 Å². The van der Waals surface area contributed by atoms with Crippen LogP contribution in [-0.4, -0.2) is 20.9 Å². The van der Waals surface area contributed by atoms with E-state index in [4.69, 9.17) is 10.7 Å². The first-order valence-electron chi connectivity index (χ1n) is 7.04. The summed E-state index contributed by atoms with van der Waals surface area (Å²) in [6.45, 7) is 8.31. The van der Waals surface area contributed by atoms with Gasteiger partial charge in [-0.25, -0.2) is 8.42 Å². The maximum atomic E-state index is 12.3. The van der Waals surface area contributed by atoms with E-state index in [0.717, 1.165) is 24.0 Å². The Hall–Kier alpha value is -1.07. The Labute approximate surface area is 131 Å². The Morgan fingerprint density at radius 1 is 1.24 bits per heavy atom. The lowest BCUT2D eigenvalue weighted by Gasteiger charge is -2.15. The highest BCUT2D eigenvalue weighted by Crippen LogP contribution is 2.22. The fourth-order valence-corrected chi connectivity index (χ4v) is 2.96. The van der Waals surface area contributed by atoms with E-state index >= 15 is 0 Å². The van der Waals surface area contributed by atoms with Crippen LogP contribution in [0.3, 0.4) is 0 Å². The predicted octanol–water partition coefficient (Wildman–Crippen LogP) is 3.40. The van der Waals surface area contributed by atoms with E-state index in [1.54, 1.807) is 13.8 Å². The zero-order chi connectivity index (χ0) is 16.2. The van der Waals surface area contributed by atoms with Gasteiger partial charge in [-0.1, -0.05) is 26.7 Å². The van der Waals surface area contributed by atoms with Gasteiger partial charge in [0, 0.05) is 22.8 Å². The minimum Gasteiger partial charge on any atom is -0.352 e. The van der Waals surface area contributed by atoms with Crippen molar-refractivity contribution in [1.29, 1.82) is 0 Å². The number of rotatable bonds is 6. The van der Waals surface area contributed by atoms with E-state index in [9.17, 15) is 13.2 Å². The molecule has 0 unspecified atom stereocenters. The molecule has 0 heterocycles. The van der Waals surface area contributed by atoms with Crippen molar-refractivity contribution in [3.05, 3.63) is 28.8 Å². The van der Waals surface area contributed by atoms with Gasteiger partial charge in [0.25, 0.3) is 15.0 Å². The van der Waals surface area contributed by atoms with Crippen molar-refractivity contribution in [2.75, 3.05) is 6.54 Å². The summed E-state index contributed by atoms with van der Waals surface area (Å²) in [6.07, 6.45) is 1.98. The molecule has 6 heteroatoms. The average molecular weight is 332 g/mol. The summed E-state index contributed by atoms with van der Waals surface area (Å²) >= 11 is 0.